The van der Waals surface area contributed by atoms with Crippen LogP contribution in [-0.4, -0.2) is 7.25 Å². The predicted octanol–water partition coefficient (Wildman–Crippen LogP) is 2.25. The van der Waals surface area contributed by atoms with Crippen molar-refractivity contribution in [2.45, 2.75) is 6.54 Å². The summed E-state index contributed by atoms with van der Waals surface area (Å²) in [6.45, 7) is 0.620. The molecule has 73 valence electrons. The number of nitrogens with two attached hydrogens (primary N) is 1. The third-order valence-corrected chi connectivity index (χ3v) is 1.02. The maximum Gasteiger partial charge on any atom is 0.673 e. The van der Waals surface area contributed by atoms with Crippen LogP contribution in [-0.2, 0) is 6.54 Å². The van der Waals surface area contributed by atoms with E-state index in [2.05, 4.69) is 6.07 Å². The van der Waals surface area contributed by atoms with Crippen LogP contribution in [0.5, 0.6) is 0 Å². The first kappa shape index (κ1) is 12.0. The van der Waals surface area contributed by atoms with Gasteiger partial charge in [0.25, 0.3) is 0 Å². The monoisotopic (exact) mass is 193 g/mol. The molecule has 1 aromatic rings. The van der Waals surface area contributed by atoms with Gasteiger partial charge in [-0.3, -0.25) is 0 Å². The quantitative estimate of drug-likeness (QED) is 0.537. The molecule has 0 heterocycles. The Labute approximate surface area is 73.7 Å². The van der Waals surface area contributed by atoms with Crippen molar-refractivity contribution in [3.05, 3.63) is 35.9 Å². The first-order chi connectivity index (χ1) is 5.93. The molecule has 1 nitrogen and oxygen atoms in total. The highest BCUT2D eigenvalue weighted by atomic mass is 19.5. The molecule has 1 radical (unpaired) electrons. The van der Waals surface area contributed by atoms with Gasteiger partial charge >= 0.3 is 7.25 Å². The lowest BCUT2D eigenvalue weighted by Gasteiger charge is -1.94. The molecule has 6 heteroatoms. The second-order valence-electron chi connectivity index (χ2n) is 2.11. The van der Waals surface area contributed by atoms with Gasteiger partial charge in [-0.1, -0.05) is 24.3 Å². The normalized spacial score (nSPS) is 10.2. The summed E-state index contributed by atoms with van der Waals surface area (Å²) in [5.74, 6) is 0. The molecule has 0 aromatic heterocycles. The summed E-state index contributed by atoms with van der Waals surface area (Å²) in [4.78, 5) is 0. The van der Waals surface area contributed by atoms with Gasteiger partial charge in [0, 0.05) is 6.54 Å². The van der Waals surface area contributed by atoms with E-state index in [9.17, 15) is 17.3 Å². The summed E-state index contributed by atoms with van der Waals surface area (Å²) in [7, 11) is -6.00. The van der Waals surface area contributed by atoms with Crippen molar-refractivity contribution >= 4 is 7.25 Å². The van der Waals surface area contributed by atoms with E-state index in [0.717, 1.165) is 5.56 Å². The zero-order chi connectivity index (χ0) is 10.3. The van der Waals surface area contributed by atoms with Gasteiger partial charge < -0.3 is 23.0 Å². The maximum atomic E-state index is 9.75. The Bertz CT molecular complexity index is 218. The largest absolute Gasteiger partial charge is 0.673 e. The van der Waals surface area contributed by atoms with E-state index < -0.39 is 7.25 Å². The van der Waals surface area contributed by atoms with Crippen LogP contribution in [0.25, 0.3) is 0 Å². The Balaban J connectivity index is 0.000000252. The van der Waals surface area contributed by atoms with E-state index in [1.165, 1.54) is 0 Å². The first-order valence-electron chi connectivity index (χ1n) is 3.46. The van der Waals surface area contributed by atoms with Crippen molar-refractivity contribution in [1.82, 2.24) is 0 Å². The van der Waals surface area contributed by atoms with E-state index in [-0.39, 0.29) is 0 Å². The fourth-order valence-electron chi connectivity index (χ4n) is 0.557. The molecule has 13 heavy (non-hydrogen) atoms. The van der Waals surface area contributed by atoms with Gasteiger partial charge in [0.15, 0.2) is 0 Å². The summed E-state index contributed by atoms with van der Waals surface area (Å²) in [6, 6.07) is 10.6. The van der Waals surface area contributed by atoms with Crippen molar-refractivity contribution in [3.63, 3.8) is 0 Å². The van der Waals surface area contributed by atoms with E-state index >= 15 is 0 Å². The van der Waals surface area contributed by atoms with Gasteiger partial charge in [-0.05, 0) is 11.6 Å². The van der Waals surface area contributed by atoms with Gasteiger partial charge in [-0.2, -0.15) is 0 Å². The molecule has 1 rings (SSSR count). The Kier molecular flexibility index (Phi) is 5.14. The molecular formula is C7H8BF4N-. The molecule has 0 unspecified atom stereocenters. The van der Waals surface area contributed by atoms with Crippen molar-refractivity contribution < 1.29 is 17.3 Å². The van der Waals surface area contributed by atoms with Gasteiger partial charge in [0.05, 0.1) is 0 Å². The fraction of sp³-hybridized carbons (Fsp3) is 0.143. The molecule has 0 amide bonds. The molecule has 0 aliphatic carbocycles. The highest BCUT2D eigenvalue weighted by Crippen LogP contribution is 2.06. The van der Waals surface area contributed by atoms with E-state index in [4.69, 9.17) is 5.73 Å². The fourth-order valence-corrected chi connectivity index (χ4v) is 0.557. The van der Waals surface area contributed by atoms with Gasteiger partial charge in [-0.15, -0.1) is 0 Å². The van der Waals surface area contributed by atoms with Crippen LogP contribution in [0.3, 0.4) is 0 Å². The average molecular weight is 193 g/mol. The molecule has 0 spiro atoms. The summed E-state index contributed by atoms with van der Waals surface area (Å²) in [6.07, 6.45) is 0. The van der Waals surface area contributed by atoms with Crippen LogP contribution in [0.15, 0.2) is 24.3 Å². The third kappa shape index (κ3) is 11.0. The van der Waals surface area contributed by atoms with E-state index in [1.54, 1.807) is 0 Å². The minimum absolute atomic E-state index is 0.620. The number of hydrogen-bond donors (Lipinski definition) is 1. The van der Waals surface area contributed by atoms with Gasteiger partial charge in [0.1, 0.15) is 0 Å². The number of hydrogen-bond acceptors (Lipinski definition) is 1. The molecule has 0 aliphatic heterocycles. The molecular weight excluding hydrogens is 185 g/mol. The minimum atomic E-state index is -6.00. The Morgan fingerprint density at radius 1 is 1.15 bits per heavy atom. The smallest absolute Gasteiger partial charge is 0.418 e. The third-order valence-electron chi connectivity index (χ3n) is 1.02. The molecule has 1 aromatic carbocycles. The molecule has 0 saturated carbocycles. The Morgan fingerprint density at radius 2 is 1.54 bits per heavy atom. The van der Waals surface area contributed by atoms with Crippen LogP contribution in [0.2, 0.25) is 0 Å². The zero-order valence-corrected chi connectivity index (χ0v) is 6.68. The highest BCUT2D eigenvalue weighted by molar-refractivity contribution is 6.50. The lowest BCUT2D eigenvalue weighted by molar-refractivity contribution is 0.368. The van der Waals surface area contributed by atoms with Crippen LogP contribution < -0.4 is 5.73 Å². The lowest BCUT2D eigenvalue weighted by Crippen LogP contribution is -2.02. The van der Waals surface area contributed by atoms with Gasteiger partial charge in [0.2, 0.25) is 0 Å². The standard InChI is InChI=1S/C7H8N.BF4/c8-6-7-4-2-1-3-5-7;2-1(3,4)5/h2-5H,6,8H2;/q;-1. The molecule has 0 saturated heterocycles. The Hall–Kier alpha value is -1.04. The minimum Gasteiger partial charge on any atom is -0.418 e. The summed E-state index contributed by atoms with van der Waals surface area (Å²) in [5, 5.41) is 0. The number of benzene rings is 1. The topological polar surface area (TPSA) is 26.0 Å². The molecule has 0 atom stereocenters. The summed E-state index contributed by atoms with van der Waals surface area (Å²) in [5.41, 5.74) is 6.49. The maximum absolute atomic E-state index is 9.75. The van der Waals surface area contributed by atoms with Crippen LogP contribution in [0.1, 0.15) is 5.56 Å². The first-order valence-corrected chi connectivity index (χ1v) is 3.46. The van der Waals surface area contributed by atoms with E-state index in [1.807, 2.05) is 24.3 Å². The molecule has 2 N–H and O–H groups in total. The molecule has 0 fully saturated rings. The Morgan fingerprint density at radius 3 is 1.77 bits per heavy atom. The predicted molar refractivity (Wildman–Crippen MR) is 43.4 cm³/mol. The second-order valence-corrected chi connectivity index (χ2v) is 2.11. The van der Waals surface area contributed by atoms with Crippen molar-refractivity contribution in [2.24, 2.45) is 5.73 Å². The van der Waals surface area contributed by atoms with Gasteiger partial charge in [-0.25, -0.2) is 0 Å². The molecule has 0 bridgehead atoms. The zero-order valence-electron chi connectivity index (χ0n) is 6.68. The highest BCUT2D eigenvalue weighted by Gasteiger charge is 2.20. The number of rotatable bonds is 1. The van der Waals surface area contributed by atoms with E-state index in [0.29, 0.717) is 6.54 Å². The van der Waals surface area contributed by atoms with Crippen LogP contribution >= 0.6 is 0 Å². The lowest BCUT2D eigenvalue weighted by atomic mass is 10.2. The van der Waals surface area contributed by atoms with Crippen LogP contribution in [0.4, 0.5) is 17.3 Å². The summed E-state index contributed by atoms with van der Waals surface area (Å²) >= 11 is 0. The van der Waals surface area contributed by atoms with Crippen LogP contribution in [0, 0.1) is 6.07 Å². The number of halogens is 4. The molecule has 0 aliphatic rings. The summed E-state index contributed by atoms with van der Waals surface area (Å²) < 4.78 is 39.0. The van der Waals surface area contributed by atoms with Crippen molar-refractivity contribution in [1.29, 1.82) is 0 Å². The second kappa shape index (κ2) is 5.58. The van der Waals surface area contributed by atoms with Crippen molar-refractivity contribution in [2.75, 3.05) is 0 Å². The SMILES string of the molecule is F[B-](F)(F)F.NCc1cc[c]cc1. The van der Waals surface area contributed by atoms with Crippen molar-refractivity contribution in [3.8, 4) is 0 Å². The average Bonchev–Trinajstić information content (AvgIpc) is 2.03.